The molecular weight excluding hydrogens is 647 g/mol. The molecule has 2 aromatic carbocycles. The lowest BCUT2D eigenvalue weighted by Crippen LogP contribution is -2.51. The SMILES string of the molecule is O=C(O)c1ccc(NC(=O)[C@@H](CN2C(=O)/C(=C/c3cc(-c4ccc(F)c(F)c4)cs3)SC2=S)NCCN2CCOCC2)cc1O. The van der Waals surface area contributed by atoms with Gasteiger partial charge in [-0.2, -0.15) is 0 Å². The van der Waals surface area contributed by atoms with Crippen LogP contribution in [-0.4, -0.2) is 94.1 Å². The van der Waals surface area contributed by atoms with Gasteiger partial charge in [0.15, 0.2) is 11.6 Å². The topological polar surface area (TPSA) is 131 Å². The predicted octanol–water partition coefficient (Wildman–Crippen LogP) is 4.23. The first-order valence-electron chi connectivity index (χ1n) is 13.8. The first-order valence-corrected chi connectivity index (χ1v) is 15.9. The van der Waals surface area contributed by atoms with E-state index in [-0.39, 0.29) is 28.0 Å². The Labute approximate surface area is 270 Å². The Morgan fingerprint density at radius 2 is 1.87 bits per heavy atom. The molecule has 236 valence electrons. The van der Waals surface area contributed by atoms with E-state index in [0.29, 0.717) is 47.2 Å². The maximum absolute atomic E-state index is 13.7. The number of carbonyl (C=O) groups is 3. The van der Waals surface area contributed by atoms with Crippen molar-refractivity contribution in [3.63, 3.8) is 0 Å². The fraction of sp³-hybridized carbons (Fsp3) is 0.267. The van der Waals surface area contributed by atoms with Crippen molar-refractivity contribution in [2.75, 3.05) is 51.3 Å². The molecule has 10 nitrogen and oxygen atoms in total. The molecule has 0 radical (unpaired) electrons. The average molecular weight is 675 g/mol. The molecule has 2 fully saturated rings. The molecule has 3 aromatic rings. The van der Waals surface area contributed by atoms with Crippen molar-refractivity contribution in [2.24, 2.45) is 0 Å². The molecule has 0 saturated carbocycles. The van der Waals surface area contributed by atoms with Gasteiger partial charge in [-0.15, -0.1) is 11.3 Å². The van der Waals surface area contributed by atoms with Gasteiger partial charge in [0.25, 0.3) is 5.91 Å². The molecule has 2 amide bonds. The van der Waals surface area contributed by atoms with Gasteiger partial charge in [0, 0.05) is 42.8 Å². The number of nitrogens with zero attached hydrogens (tertiary/aromatic N) is 2. The van der Waals surface area contributed by atoms with Crippen molar-refractivity contribution >= 4 is 69.2 Å². The maximum Gasteiger partial charge on any atom is 0.339 e. The van der Waals surface area contributed by atoms with Crippen LogP contribution in [0, 0.1) is 11.6 Å². The molecule has 5 rings (SSSR count). The van der Waals surface area contributed by atoms with E-state index in [4.69, 9.17) is 17.0 Å². The number of benzene rings is 2. The fourth-order valence-electron chi connectivity index (χ4n) is 4.71. The normalized spacial score (nSPS) is 17.2. The van der Waals surface area contributed by atoms with Crippen molar-refractivity contribution in [3.05, 3.63) is 74.8 Å². The maximum atomic E-state index is 13.7. The lowest BCUT2D eigenvalue weighted by atomic mass is 10.1. The summed E-state index contributed by atoms with van der Waals surface area (Å²) in [6, 6.07) is 8.19. The summed E-state index contributed by atoms with van der Waals surface area (Å²) in [6.07, 6.45) is 1.67. The number of aromatic carboxylic acids is 1. The highest BCUT2D eigenvalue weighted by molar-refractivity contribution is 8.26. The number of ether oxygens (including phenoxy) is 1. The zero-order chi connectivity index (χ0) is 32.1. The molecule has 0 spiro atoms. The fourth-order valence-corrected chi connectivity index (χ4v) is 6.89. The molecule has 1 aromatic heterocycles. The van der Waals surface area contributed by atoms with E-state index in [9.17, 15) is 33.4 Å². The Morgan fingerprint density at radius 1 is 1.09 bits per heavy atom. The smallest absolute Gasteiger partial charge is 0.339 e. The second-order valence-electron chi connectivity index (χ2n) is 10.1. The van der Waals surface area contributed by atoms with Crippen LogP contribution in [0.15, 0.2) is 52.7 Å². The van der Waals surface area contributed by atoms with Crippen LogP contribution in [0.2, 0.25) is 0 Å². The highest BCUT2D eigenvalue weighted by Crippen LogP contribution is 2.35. The Kier molecular flexibility index (Phi) is 10.6. The number of thiocarbonyl (C=S) groups is 1. The molecule has 3 heterocycles. The molecule has 2 aliphatic heterocycles. The second kappa shape index (κ2) is 14.6. The predicted molar refractivity (Wildman–Crippen MR) is 172 cm³/mol. The Balaban J connectivity index is 1.30. The molecule has 2 aliphatic rings. The van der Waals surface area contributed by atoms with E-state index in [0.717, 1.165) is 43.1 Å². The molecule has 1 atom stereocenters. The number of carboxylic acid groups (broad SMARTS) is 1. The number of carboxylic acids is 1. The second-order valence-corrected chi connectivity index (χ2v) is 12.8. The van der Waals surface area contributed by atoms with Crippen molar-refractivity contribution in [3.8, 4) is 16.9 Å². The van der Waals surface area contributed by atoms with Crippen LogP contribution >= 0.6 is 35.3 Å². The zero-order valence-electron chi connectivity index (χ0n) is 23.6. The minimum absolute atomic E-state index is 0.0826. The third-order valence-corrected chi connectivity index (χ3v) is 9.38. The van der Waals surface area contributed by atoms with Gasteiger partial charge < -0.3 is 25.6 Å². The lowest BCUT2D eigenvalue weighted by molar-refractivity contribution is -0.123. The first-order chi connectivity index (χ1) is 21.6. The minimum atomic E-state index is -1.31. The largest absolute Gasteiger partial charge is 0.507 e. The summed E-state index contributed by atoms with van der Waals surface area (Å²) < 4.78 is 32.7. The number of carbonyl (C=O) groups excluding carboxylic acids is 2. The summed E-state index contributed by atoms with van der Waals surface area (Å²) in [5.74, 6) is -4.59. The summed E-state index contributed by atoms with van der Waals surface area (Å²) in [6.45, 7) is 3.73. The number of nitrogens with one attached hydrogen (secondary N) is 2. The number of amides is 2. The third-order valence-electron chi connectivity index (χ3n) is 7.12. The standard InChI is InChI=1S/C30H28F2N4O6S3/c31-22-4-1-17(12-23(22)32)18-11-20(44-16-18)14-26-28(39)36(30(43)45-26)15-24(33-5-6-35-7-9-42-10-8-35)27(38)34-19-2-3-21(29(40)41)25(37)13-19/h1-4,11-14,16,24,33,37H,5-10,15H2,(H,34,38)(H,40,41)/b26-14-/t24-/m1/s1. The van der Waals surface area contributed by atoms with E-state index in [2.05, 4.69) is 15.5 Å². The summed E-state index contributed by atoms with van der Waals surface area (Å²) in [4.78, 5) is 42.7. The molecule has 0 aliphatic carbocycles. The summed E-state index contributed by atoms with van der Waals surface area (Å²) in [7, 11) is 0. The van der Waals surface area contributed by atoms with E-state index in [1.165, 1.54) is 34.4 Å². The molecule has 0 unspecified atom stereocenters. The molecule has 15 heteroatoms. The lowest BCUT2D eigenvalue weighted by Gasteiger charge is -2.28. The van der Waals surface area contributed by atoms with Crippen molar-refractivity contribution in [1.82, 2.24) is 15.1 Å². The van der Waals surface area contributed by atoms with Gasteiger partial charge in [-0.1, -0.05) is 30.0 Å². The van der Waals surface area contributed by atoms with Gasteiger partial charge in [-0.05, 0) is 52.9 Å². The third kappa shape index (κ3) is 8.11. The number of thiophene rings is 1. The van der Waals surface area contributed by atoms with Crippen LogP contribution < -0.4 is 10.6 Å². The average Bonchev–Trinajstić information content (AvgIpc) is 3.58. The van der Waals surface area contributed by atoms with Crippen LogP contribution in [0.3, 0.4) is 0 Å². The van der Waals surface area contributed by atoms with Crippen LogP contribution in [0.4, 0.5) is 14.5 Å². The molecular formula is C30H28F2N4O6S3. The molecule has 4 N–H and O–H groups in total. The van der Waals surface area contributed by atoms with E-state index < -0.39 is 35.3 Å². The van der Waals surface area contributed by atoms with Gasteiger partial charge in [0.1, 0.15) is 21.7 Å². The highest BCUT2D eigenvalue weighted by atomic mass is 32.2. The number of phenols is 1. The Bertz CT molecular complexity index is 1660. The number of halogens is 2. The number of anilines is 1. The summed E-state index contributed by atoms with van der Waals surface area (Å²) in [5, 5.41) is 26.9. The van der Waals surface area contributed by atoms with Crippen LogP contribution in [0.25, 0.3) is 17.2 Å². The van der Waals surface area contributed by atoms with E-state index in [1.54, 1.807) is 17.5 Å². The number of rotatable bonds is 11. The first kappa shape index (κ1) is 32.7. The van der Waals surface area contributed by atoms with Crippen molar-refractivity contribution in [2.45, 2.75) is 6.04 Å². The monoisotopic (exact) mass is 674 g/mol. The van der Waals surface area contributed by atoms with Crippen molar-refractivity contribution < 1.29 is 38.1 Å². The van der Waals surface area contributed by atoms with Gasteiger partial charge in [0.2, 0.25) is 5.91 Å². The zero-order valence-corrected chi connectivity index (χ0v) is 26.1. The number of morpholine rings is 1. The van der Waals surface area contributed by atoms with Gasteiger partial charge in [-0.25, -0.2) is 13.6 Å². The number of hydrogen-bond donors (Lipinski definition) is 4. The van der Waals surface area contributed by atoms with Crippen LogP contribution in [-0.2, 0) is 14.3 Å². The quantitative estimate of drug-likeness (QED) is 0.173. The summed E-state index contributed by atoms with van der Waals surface area (Å²) in [5.41, 5.74) is 1.05. The number of aromatic hydroxyl groups is 1. The number of hydrogen-bond acceptors (Lipinski definition) is 10. The van der Waals surface area contributed by atoms with E-state index >= 15 is 0 Å². The van der Waals surface area contributed by atoms with Gasteiger partial charge in [0.05, 0.1) is 24.7 Å². The highest BCUT2D eigenvalue weighted by Gasteiger charge is 2.35. The summed E-state index contributed by atoms with van der Waals surface area (Å²) >= 11 is 7.93. The van der Waals surface area contributed by atoms with Gasteiger partial charge in [-0.3, -0.25) is 19.4 Å². The van der Waals surface area contributed by atoms with Crippen LogP contribution in [0.5, 0.6) is 5.75 Å². The van der Waals surface area contributed by atoms with Crippen molar-refractivity contribution in [1.29, 1.82) is 0 Å². The molecule has 2 saturated heterocycles. The van der Waals surface area contributed by atoms with Crippen LogP contribution in [0.1, 0.15) is 15.2 Å². The molecule has 0 bridgehead atoms. The van der Waals surface area contributed by atoms with E-state index in [1.807, 2.05) is 0 Å². The molecule has 45 heavy (non-hydrogen) atoms. The Hall–Kier alpha value is -3.73. The van der Waals surface area contributed by atoms with Gasteiger partial charge >= 0.3 is 5.97 Å². The minimum Gasteiger partial charge on any atom is -0.507 e. The Morgan fingerprint density at radius 3 is 2.58 bits per heavy atom. The number of thioether (sulfide) groups is 1.